The van der Waals surface area contributed by atoms with Crippen LogP contribution < -0.4 is 4.74 Å². The summed E-state index contributed by atoms with van der Waals surface area (Å²) in [5.41, 5.74) is 1.56. The van der Waals surface area contributed by atoms with Gasteiger partial charge in [-0.2, -0.15) is 0 Å². The predicted molar refractivity (Wildman–Crippen MR) is 58.1 cm³/mol. The smallest absolute Gasteiger partial charge is 0.310 e. The number of aryl methyl sites for hydroxylation is 1. The van der Waals surface area contributed by atoms with Crippen molar-refractivity contribution in [2.75, 3.05) is 14.2 Å². The van der Waals surface area contributed by atoms with Crippen molar-refractivity contribution in [2.24, 2.45) is 0 Å². The van der Waals surface area contributed by atoms with E-state index in [9.17, 15) is 9.18 Å². The largest absolute Gasteiger partial charge is 0.496 e. The van der Waals surface area contributed by atoms with Gasteiger partial charge in [-0.25, -0.2) is 4.39 Å². The fraction of sp³-hybridized carbons (Fsp3) is 0.417. The highest BCUT2D eigenvalue weighted by Crippen LogP contribution is 2.28. The first-order valence-electron chi connectivity index (χ1n) is 4.90. The molecule has 0 spiro atoms. The van der Waals surface area contributed by atoms with Crippen LogP contribution in [0.1, 0.15) is 16.7 Å². The maximum absolute atomic E-state index is 13.6. The van der Waals surface area contributed by atoms with Gasteiger partial charge in [-0.3, -0.25) is 4.79 Å². The first kappa shape index (κ1) is 12.5. The molecule has 0 amide bonds. The van der Waals surface area contributed by atoms with E-state index in [0.29, 0.717) is 22.4 Å². The molecule has 1 rings (SSSR count). The SMILES string of the molecule is COC(=O)Cc1cc(C)c(F)c(C)c1OC. The third-order valence-electron chi connectivity index (χ3n) is 2.47. The summed E-state index contributed by atoms with van der Waals surface area (Å²) in [7, 11) is 2.77. The molecule has 0 radical (unpaired) electrons. The number of methoxy groups -OCH3 is 2. The lowest BCUT2D eigenvalue weighted by molar-refractivity contribution is -0.139. The first-order valence-corrected chi connectivity index (χ1v) is 4.90. The summed E-state index contributed by atoms with van der Waals surface area (Å²) < 4.78 is 23.3. The molecule has 0 aliphatic rings. The van der Waals surface area contributed by atoms with E-state index in [1.807, 2.05) is 0 Å². The molecule has 0 saturated heterocycles. The molecule has 4 heteroatoms. The number of carbonyl (C=O) groups excluding carboxylic acids is 1. The number of halogens is 1. The zero-order valence-corrected chi connectivity index (χ0v) is 9.89. The van der Waals surface area contributed by atoms with Crippen molar-refractivity contribution in [1.82, 2.24) is 0 Å². The minimum Gasteiger partial charge on any atom is -0.496 e. The fourth-order valence-corrected chi connectivity index (χ4v) is 1.67. The van der Waals surface area contributed by atoms with E-state index in [4.69, 9.17) is 4.74 Å². The maximum atomic E-state index is 13.6. The monoisotopic (exact) mass is 226 g/mol. The van der Waals surface area contributed by atoms with E-state index in [2.05, 4.69) is 4.74 Å². The number of hydrogen-bond acceptors (Lipinski definition) is 3. The van der Waals surface area contributed by atoms with Gasteiger partial charge < -0.3 is 9.47 Å². The van der Waals surface area contributed by atoms with Crippen LogP contribution in [0, 0.1) is 19.7 Å². The van der Waals surface area contributed by atoms with Gasteiger partial charge in [0.2, 0.25) is 0 Å². The molecule has 16 heavy (non-hydrogen) atoms. The normalized spacial score (nSPS) is 10.1. The van der Waals surface area contributed by atoms with Gasteiger partial charge in [-0.15, -0.1) is 0 Å². The van der Waals surface area contributed by atoms with Gasteiger partial charge in [0.15, 0.2) is 0 Å². The van der Waals surface area contributed by atoms with Crippen molar-refractivity contribution in [2.45, 2.75) is 20.3 Å². The molecule has 0 fully saturated rings. The molecule has 3 nitrogen and oxygen atoms in total. The summed E-state index contributed by atoms with van der Waals surface area (Å²) >= 11 is 0. The molecule has 0 aromatic heterocycles. The summed E-state index contributed by atoms with van der Waals surface area (Å²) in [5, 5.41) is 0. The van der Waals surface area contributed by atoms with E-state index in [1.54, 1.807) is 19.9 Å². The van der Waals surface area contributed by atoms with Gasteiger partial charge in [-0.05, 0) is 25.5 Å². The Morgan fingerprint density at radius 2 is 2.00 bits per heavy atom. The van der Waals surface area contributed by atoms with Crippen LogP contribution in [0.3, 0.4) is 0 Å². The number of carbonyl (C=O) groups is 1. The van der Waals surface area contributed by atoms with Crippen LogP contribution in [0.5, 0.6) is 5.75 Å². The number of esters is 1. The third-order valence-corrected chi connectivity index (χ3v) is 2.47. The Bertz CT molecular complexity index is 413. The summed E-state index contributed by atoms with van der Waals surface area (Å²) in [5.74, 6) is -0.261. The standard InChI is InChI=1S/C12H15FO3/c1-7-5-9(6-10(14)15-3)12(16-4)8(2)11(7)13/h5H,6H2,1-4H3. The molecule has 0 aliphatic carbocycles. The number of ether oxygens (including phenoxy) is 2. The molecular formula is C12H15FO3. The summed E-state index contributed by atoms with van der Waals surface area (Å²) in [4.78, 5) is 11.2. The average Bonchev–Trinajstić information content (AvgIpc) is 2.26. The van der Waals surface area contributed by atoms with Crippen LogP contribution in [0.4, 0.5) is 4.39 Å². The van der Waals surface area contributed by atoms with E-state index in [0.717, 1.165) is 0 Å². The second-order valence-corrected chi connectivity index (χ2v) is 3.58. The minimum atomic E-state index is -0.372. The van der Waals surface area contributed by atoms with E-state index in [-0.39, 0.29) is 18.2 Å². The van der Waals surface area contributed by atoms with Gasteiger partial charge in [-0.1, -0.05) is 0 Å². The topological polar surface area (TPSA) is 35.5 Å². The fourth-order valence-electron chi connectivity index (χ4n) is 1.67. The summed E-state index contributed by atoms with van der Waals surface area (Å²) in [6.07, 6.45) is 0.0850. The van der Waals surface area contributed by atoms with Crippen LogP contribution in [0.15, 0.2) is 6.07 Å². The highest BCUT2D eigenvalue weighted by molar-refractivity contribution is 5.74. The Hall–Kier alpha value is -1.58. The maximum Gasteiger partial charge on any atom is 0.310 e. The van der Waals surface area contributed by atoms with Gasteiger partial charge in [0.05, 0.1) is 20.6 Å². The highest BCUT2D eigenvalue weighted by atomic mass is 19.1. The lowest BCUT2D eigenvalue weighted by Gasteiger charge is -2.13. The first-order chi connectivity index (χ1) is 7.51. The van der Waals surface area contributed by atoms with Crippen molar-refractivity contribution in [3.8, 4) is 5.75 Å². The lowest BCUT2D eigenvalue weighted by Crippen LogP contribution is -2.08. The molecule has 0 atom stereocenters. The lowest BCUT2D eigenvalue weighted by atomic mass is 10.0. The molecule has 0 bridgehead atoms. The molecule has 0 aliphatic heterocycles. The van der Waals surface area contributed by atoms with E-state index >= 15 is 0 Å². The van der Waals surface area contributed by atoms with Gasteiger partial charge in [0.25, 0.3) is 0 Å². The highest BCUT2D eigenvalue weighted by Gasteiger charge is 2.16. The van der Waals surface area contributed by atoms with Crippen LogP contribution >= 0.6 is 0 Å². The van der Waals surface area contributed by atoms with Crippen LogP contribution in [0.2, 0.25) is 0 Å². The molecule has 1 aromatic rings. The van der Waals surface area contributed by atoms with Crippen LogP contribution in [-0.4, -0.2) is 20.2 Å². The van der Waals surface area contributed by atoms with Crippen molar-refractivity contribution >= 4 is 5.97 Å². The Kier molecular flexibility index (Phi) is 3.88. The number of hydrogen-bond donors (Lipinski definition) is 0. The quantitative estimate of drug-likeness (QED) is 0.741. The van der Waals surface area contributed by atoms with E-state index < -0.39 is 0 Å². The number of rotatable bonds is 3. The van der Waals surface area contributed by atoms with Crippen molar-refractivity contribution in [3.63, 3.8) is 0 Å². The molecule has 0 heterocycles. The van der Waals surface area contributed by atoms with E-state index in [1.165, 1.54) is 14.2 Å². The average molecular weight is 226 g/mol. The Labute approximate surface area is 94.2 Å². The number of benzene rings is 1. The predicted octanol–water partition coefficient (Wildman–Crippen LogP) is 2.17. The molecule has 0 saturated carbocycles. The second-order valence-electron chi connectivity index (χ2n) is 3.58. The van der Waals surface area contributed by atoms with Gasteiger partial charge >= 0.3 is 5.97 Å². The second kappa shape index (κ2) is 4.96. The van der Waals surface area contributed by atoms with Crippen molar-refractivity contribution in [3.05, 3.63) is 28.6 Å². The molecule has 88 valence electrons. The minimum absolute atomic E-state index is 0.0850. The van der Waals surface area contributed by atoms with Gasteiger partial charge in [0.1, 0.15) is 11.6 Å². The van der Waals surface area contributed by atoms with Crippen LogP contribution in [-0.2, 0) is 16.0 Å². The Morgan fingerprint density at radius 1 is 1.38 bits per heavy atom. The molecular weight excluding hydrogens is 211 g/mol. The zero-order chi connectivity index (χ0) is 12.3. The molecule has 0 N–H and O–H groups in total. The Balaban J connectivity index is 3.22. The van der Waals surface area contributed by atoms with Crippen molar-refractivity contribution in [1.29, 1.82) is 0 Å². The van der Waals surface area contributed by atoms with Crippen molar-refractivity contribution < 1.29 is 18.7 Å². The third kappa shape index (κ3) is 2.32. The van der Waals surface area contributed by atoms with Crippen LogP contribution in [0.25, 0.3) is 0 Å². The summed E-state index contributed by atoms with van der Waals surface area (Å²) in [6, 6.07) is 1.61. The zero-order valence-electron chi connectivity index (χ0n) is 9.89. The van der Waals surface area contributed by atoms with Gasteiger partial charge in [0, 0.05) is 11.1 Å². The Morgan fingerprint density at radius 3 is 2.50 bits per heavy atom. The molecule has 1 aromatic carbocycles. The molecule has 0 unspecified atom stereocenters. The summed E-state index contributed by atoms with van der Waals surface area (Å²) in [6.45, 7) is 3.28.